The summed E-state index contributed by atoms with van der Waals surface area (Å²) in [6.45, 7) is 1.81. The molecule has 4 rings (SSSR count). The second kappa shape index (κ2) is 7.80. The maximum Gasteiger partial charge on any atom is 0.232 e. The third-order valence-electron chi connectivity index (χ3n) is 5.73. The molecule has 1 saturated heterocycles. The van der Waals surface area contributed by atoms with Crippen LogP contribution < -0.4 is 10.6 Å². The molecule has 2 atom stereocenters. The van der Waals surface area contributed by atoms with Gasteiger partial charge in [0.05, 0.1) is 5.41 Å². The molecule has 4 nitrogen and oxygen atoms in total. The van der Waals surface area contributed by atoms with Crippen LogP contribution in [-0.4, -0.2) is 24.0 Å². The zero-order valence-electron chi connectivity index (χ0n) is 14.9. The van der Waals surface area contributed by atoms with Crippen LogP contribution in [0.5, 0.6) is 0 Å². The summed E-state index contributed by atoms with van der Waals surface area (Å²) in [7, 11) is 0. The monoisotopic (exact) mass is 367 g/mol. The number of carbonyl (C=O) groups excluding carboxylic acids is 1. The van der Waals surface area contributed by atoms with E-state index in [4.69, 9.17) is 0 Å². The van der Waals surface area contributed by atoms with Crippen LogP contribution in [0.25, 0.3) is 0 Å². The fourth-order valence-corrected chi connectivity index (χ4v) is 5.06. The number of nitrogens with one attached hydrogen (secondary N) is 2. The Kier molecular flexibility index (Phi) is 5.27. The Morgan fingerprint density at radius 1 is 1.27 bits per heavy atom. The Morgan fingerprint density at radius 2 is 2.15 bits per heavy atom. The first-order valence-electron chi connectivity index (χ1n) is 9.40. The quantitative estimate of drug-likeness (QED) is 0.782. The zero-order chi connectivity index (χ0) is 17.8. The van der Waals surface area contributed by atoms with Crippen molar-refractivity contribution >= 4 is 23.4 Å². The van der Waals surface area contributed by atoms with Crippen LogP contribution in [0.3, 0.4) is 0 Å². The Hall–Kier alpha value is -1.85. The highest BCUT2D eigenvalue weighted by Crippen LogP contribution is 2.44. The maximum atomic E-state index is 13.0. The van der Waals surface area contributed by atoms with E-state index >= 15 is 0 Å². The standard InChI is InChI=1S/C21H25N3OS/c25-20(21-10-2-1-5-17(21)13-23-15-21)24-18-6-8-19(9-7-18)26-14-16-4-3-11-22-12-16/h3-4,6-9,11-12,17,23H,1-2,5,10,13-15H2,(H,24,25)/t17-,21+/m0/s1. The van der Waals surface area contributed by atoms with Crippen molar-refractivity contribution < 1.29 is 4.79 Å². The molecule has 2 heterocycles. The van der Waals surface area contributed by atoms with Gasteiger partial charge in [-0.25, -0.2) is 0 Å². The number of hydrogen-bond donors (Lipinski definition) is 2. The number of amides is 1. The molecule has 136 valence electrons. The Morgan fingerprint density at radius 3 is 2.96 bits per heavy atom. The molecule has 1 aromatic heterocycles. The molecule has 2 aliphatic rings. The van der Waals surface area contributed by atoms with Crippen LogP contribution in [-0.2, 0) is 10.5 Å². The van der Waals surface area contributed by atoms with Crippen LogP contribution in [0.1, 0.15) is 31.2 Å². The summed E-state index contributed by atoms with van der Waals surface area (Å²) in [6.07, 6.45) is 8.29. The molecule has 1 aromatic carbocycles. The molecule has 1 aliphatic carbocycles. The average molecular weight is 368 g/mol. The third kappa shape index (κ3) is 3.64. The van der Waals surface area contributed by atoms with Gasteiger partial charge in [-0.1, -0.05) is 18.9 Å². The van der Waals surface area contributed by atoms with E-state index in [0.717, 1.165) is 37.4 Å². The van der Waals surface area contributed by atoms with Gasteiger partial charge in [0.25, 0.3) is 0 Å². The molecule has 1 saturated carbocycles. The lowest BCUT2D eigenvalue weighted by Gasteiger charge is -2.37. The van der Waals surface area contributed by atoms with Crippen LogP contribution >= 0.6 is 11.8 Å². The van der Waals surface area contributed by atoms with Gasteiger partial charge in [0, 0.05) is 35.3 Å². The molecule has 2 N–H and O–H groups in total. The molecule has 0 radical (unpaired) electrons. The highest BCUT2D eigenvalue weighted by Gasteiger charge is 2.49. The van der Waals surface area contributed by atoms with Gasteiger partial charge >= 0.3 is 0 Å². The summed E-state index contributed by atoms with van der Waals surface area (Å²) in [5.41, 5.74) is 1.91. The lowest BCUT2D eigenvalue weighted by Crippen LogP contribution is -2.44. The largest absolute Gasteiger partial charge is 0.326 e. The molecule has 26 heavy (non-hydrogen) atoms. The van der Waals surface area contributed by atoms with Crippen molar-refractivity contribution in [3.63, 3.8) is 0 Å². The molecule has 0 bridgehead atoms. The highest BCUT2D eigenvalue weighted by molar-refractivity contribution is 7.98. The summed E-state index contributed by atoms with van der Waals surface area (Å²) >= 11 is 1.78. The van der Waals surface area contributed by atoms with Gasteiger partial charge in [0.2, 0.25) is 5.91 Å². The van der Waals surface area contributed by atoms with Crippen molar-refractivity contribution in [1.82, 2.24) is 10.3 Å². The maximum absolute atomic E-state index is 13.0. The Labute approximate surface area is 159 Å². The summed E-state index contributed by atoms with van der Waals surface area (Å²) in [5, 5.41) is 6.62. The first-order valence-corrected chi connectivity index (χ1v) is 10.4. The van der Waals surface area contributed by atoms with Crippen molar-refractivity contribution in [3.05, 3.63) is 54.4 Å². The number of pyridine rings is 1. The van der Waals surface area contributed by atoms with Crippen molar-refractivity contribution in [2.75, 3.05) is 18.4 Å². The lowest BCUT2D eigenvalue weighted by molar-refractivity contribution is -0.128. The van der Waals surface area contributed by atoms with E-state index in [-0.39, 0.29) is 11.3 Å². The molecule has 0 unspecified atom stereocenters. The van der Waals surface area contributed by atoms with E-state index in [9.17, 15) is 4.79 Å². The van der Waals surface area contributed by atoms with Gasteiger partial charge in [-0.05, 0) is 61.2 Å². The van der Waals surface area contributed by atoms with Crippen LogP contribution in [0.4, 0.5) is 5.69 Å². The van der Waals surface area contributed by atoms with Gasteiger partial charge in [-0.2, -0.15) is 0 Å². The van der Waals surface area contributed by atoms with E-state index in [0.29, 0.717) is 5.92 Å². The topological polar surface area (TPSA) is 54.0 Å². The van der Waals surface area contributed by atoms with E-state index in [1.54, 1.807) is 18.0 Å². The molecule has 1 aliphatic heterocycles. The predicted molar refractivity (Wildman–Crippen MR) is 106 cm³/mol. The Bertz CT molecular complexity index is 750. The van der Waals surface area contributed by atoms with Gasteiger partial charge in [-0.15, -0.1) is 11.8 Å². The fraction of sp³-hybridized carbons (Fsp3) is 0.429. The third-order valence-corrected chi connectivity index (χ3v) is 6.81. The minimum atomic E-state index is -0.202. The second-order valence-electron chi connectivity index (χ2n) is 7.36. The Balaban J connectivity index is 1.37. The van der Waals surface area contributed by atoms with Crippen molar-refractivity contribution in [3.8, 4) is 0 Å². The van der Waals surface area contributed by atoms with E-state index in [2.05, 4.69) is 33.8 Å². The minimum absolute atomic E-state index is 0.197. The zero-order valence-corrected chi connectivity index (χ0v) is 15.7. The van der Waals surface area contributed by atoms with Crippen molar-refractivity contribution in [2.24, 2.45) is 11.3 Å². The summed E-state index contributed by atoms with van der Waals surface area (Å²) in [6, 6.07) is 12.2. The smallest absolute Gasteiger partial charge is 0.232 e. The summed E-state index contributed by atoms with van der Waals surface area (Å²) < 4.78 is 0. The fourth-order valence-electron chi connectivity index (χ4n) is 4.23. The van der Waals surface area contributed by atoms with Gasteiger partial charge in [0.15, 0.2) is 0 Å². The van der Waals surface area contributed by atoms with Gasteiger partial charge in [0.1, 0.15) is 0 Å². The van der Waals surface area contributed by atoms with Gasteiger partial charge < -0.3 is 10.6 Å². The van der Waals surface area contributed by atoms with Crippen LogP contribution in [0.15, 0.2) is 53.7 Å². The van der Waals surface area contributed by atoms with Crippen molar-refractivity contribution in [1.29, 1.82) is 0 Å². The van der Waals surface area contributed by atoms with Crippen LogP contribution in [0.2, 0.25) is 0 Å². The second-order valence-corrected chi connectivity index (χ2v) is 8.41. The number of rotatable bonds is 5. The molecular formula is C21H25N3OS. The number of nitrogens with zero attached hydrogens (tertiary/aromatic N) is 1. The molecule has 2 aromatic rings. The van der Waals surface area contributed by atoms with E-state index < -0.39 is 0 Å². The number of aromatic nitrogens is 1. The number of thioether (sulfide) groups is 1. The molecule has 2 fully saturated rings. The summed E-state index contributed by atoms with van der Waals surface area (Å²) in [5.74, 6) is 1.59. The minimum Gasteiger partial charge on any atom is -0.326 e. The van der Waals surface area contributed by atoms with Gasteiger partial charge in [-0.3, -0.25) is 9.78 Å². The normalized spacial score (nSPS) is 24.8. The highest BCUT2D eigenvalue weighted by atomic mass is 32.2. The first-order chi connectivity index (χ1) is 12.8. The number of carbonyl (C=O) groups is 1. The predicted octanol–water partition coefficient (Wildman–Crippen LogP) is 4.09. The first kappa shape index (κ1) is 17.6. The number of benzene rings is 1. The number of anilines is 1. The molecule has 1 amide bonds. The lowest BCUT2D eigenvalue weighted by atomic mass is 9.67. The molecular weight excluding hydrogens is 342 g/mol. The molecule has 5 heteroatoms. The van der Waals surface area contributed by atoms with Crippen LogP contribution in [0, 0.1) is 11.3 Å². The SMILES string of the molecule is O=C(Nc1ccc(SCc2cccnc2)cc1)[C@@]12CCCC[C@H]1CNC2. The average Bonchev–Trinajstić information content (AvgIpc) is 3.14. The van der Waals surface area contributed by atoms with E-state index in [1.807, 2.05) is 24.4 Å². The molecule has 0 spiro atoms. The number of hydrogen-bond acceptors (Lipinski definition) is 4. The van der Waals surface area contributed by atoms with Crippen molar-refractivity contribution in [2.45, 2.75) is 36.3 Å². The summed E-state index contributed by atoms with van der Waals surface area (Å²) in [4.78, 5) is 18.3. The number of fused-ring (bicyclic) bond motifs is 1. The van der Waals surface area contributed by atoms with E-state index in [1.165, 1.54) is 23.3 Å².